The van der Waals surface area contributed by atoms with E-state index in [1.165, 1.54) is 12.7 Å². The number of hydrogen-bond donors (Lipinski definition) is 1. The van der Waals surface area contributed by atoms with E-state index in [-0.39, 0.29) is 22.5 Å². The second kappa shape index (κ2) is 9.57. The first-order chi connectivity index (χ1) is 14.2. The molecule has 0 radical (unpaired) electrons. The number of benzene rings is 2. The summed E-state index contributed by atoms with van der Waals surface area (Å²) >= 11 is 0. The first-order valence-corrected chi connectivity index (χ1v) is 13.9. The molecule has 2 aromatic rings. The average Bonchev–Trinajstić information content (AvgIpc) is 2.66. The number of methoxy groups -OCH3 is 1. The van der Waals surface area contributed by atoms with Gasteiger partial charge in [0.2, 0.25) is 0 Å². The molecule has 0 saturated carbocycles. The minimum Gasteiger partial charge on any atom is -0.465 e. The summed E-state index contributed by atoms with van der Waals surface area (Å²) < 4.78 is 11.6. The van der Waals surface area contributed by atoms with E-state index in [2.05, 4.69) is 84.2 Å². The van der Waals surface area contributed by atoms with Crippen molar-refractivity contribution in [1.82, 2.24) is 0 Å². The van der Waals surface area contributed by atoms with Crippen LogP contribution in [0.4, 0.5) is 11.4 Å². The molecule has 2 rings (SSSR count). The second-order valence-corrected chi connectivity index (χ2v) is 15.7. The van der Waals surface area contributed by atoms with Gasteiger partial charge in [-0.05, 0) is 71.9 Å². The Bertz CT molecular complexity index is 860. The van der Waals surface area contributed by atoms with Gasteiger partial charge in [-0.1, -0.05) is 53.7 Å². The van der Waals surface area contributed by atoms with Crippen molar-refractivity contribution in [3.63, 3.8) is 0 Å². The highest BCUT2D eigenvalue weighted by Crippen LogP contribution is 2.42. The lowest BCUT2D eigenvalue weighted by Gasteiger charge is -2.41. The molecular weight excluding hydrogens is 402 g/mol. The molecule has 0 aliphatic rings. The highest BCUT2D eigenvalue weighted by Gasteiger charge is 2.40. The zero-order chi connectivity index (χ0) is 23.4. The van der Waals surface area contributed by atoms with Gasteiger partial charge in [0, 0.05) is 11.4 Å². The van der Waals surface area contributed by atoms with Crippen LogP contribution in [0.5, 0.6) is 0 Å². The zero-order valence-corrected chi connectivity index (χ0v) is 21.6. The highest BCUT2D eigenvalue weighted by molar-refractivity contribution is 6.74. The number of ether oxygens (including phenoxy) is 1. The van der Waals surface area contributed by atoms with Crippen LogP contribution in [0.2, 0.25) is 18.1 Å². The Balaban J connectivity index is 2.19. The van der Waals surface area contributed by atoms with Gasteiger partial charge in [0.15, 0.2) is 8.32 Å². The fourth-order valence-electron chi connectivity index (χ4n) is 3.07. The first-order valence-electron chi connectivity index (χ1n) is 10.9. The van der Waals surface area contributed by atoms with E-state index in [9.17, 15) is 4.79 Å². The summed E-state index contributed by atoms with van der Waals surface area (Å²) in [7, 11) is -0.510. The maximum Gasteiger partial charge on any atom is 0.337 e. The van der Waals surface area contributed by atoms with Gasteiger partial charge >= 0.3 is 5.97 Å². The molecule has 0 aliphatic carbocycles. The van der Waals surface area contributed by atoms with Crippen molar-refractivity contribution in [3.8, 4) is 0 Å². The predicted molar refractivity (Wildman–Crippen MR) is 133 cm³/mol. The zero-order valence-electron chi connectivity index (χ0n) is 20.6. The summed E-state index contributed by atoms with van der Waals surface area (Å²) in [4.78, 5) is 11.6. The molecule has 1 N–H and O–H groups in total. The number of esters is 1. The molecule has 5 heteroatoms. The molecule has 2 aromatic carbocycles. The monoisotopic (exact) mass is 441 g/mol. The number of carbonyl (C=O) groups is 1. The third-order valence-electron chi connectivity index (χ3n) is 5.92. The van der Waals surface area contributed by atoms with Crippen LogP contribution in [0.3, 0.4) is 0 Å². The van der Waals surface area contributed by atoms with Crippen molar-refractivity contribution in [1.29, 1.82) is 0 Å². The summed E-state index contributed by atoms with van der Waals surface area (Å²) in [5.41, 5.74) is 3.84. The molecule has 0 saturated heterocycles. The summed E-state index contributed by atoms with van der Waals surface area (Å²) in [6, 6.07) is 15.8. The summed E-state index contributed by atoms with van der Waals surface area (Å²) in [6.07, 6.45) is 1.05. The molecule has 0 heterocycles. The number of rotatable bonds is 7. The van der Waals surface area contributed by atoms with Gasteiger partial charge in [0.1, 0.15) is 0 Å². The smallest absolute Gasteiger partial charge is 0.337 e. The first kappa shape index (κ1) is 25.2. The van der Waals surface area contributed by atoms with E-state index in [4.69, 9.17) is 9.16 Å². The highest BCUT2D eigenvalue weighted by atomic mass is 28.4. The molecule has 1 unspecified atom stereocenters. The Morgan fingerprint density at radius 3 is 1.81 bits per heavy atom. The van der Waals surface area contributed by atoms with Gasteiger partial charge in [-0.2, -0.15) is 0 Å². The normalized spacial score (nSPS) is 13.6. The standard InChI is InChI=1S/C26H39NO3Si/c1-25(2,3)18-23(30-31(8,9)26(4,5)6)19-10-14-21(15-11-19)27-22-16-12-20(13-17-22)24(28)29-7/h10-17,23,27H,18H2,1-9H3. The molecule has 1 atom stereocenters. The largest absolute Gasteiger partial charge is 0.465 e. The van der Waals surface area contributed by atoms with Crippen LogP contribution in [-0.2, 0) is 9.16 Å². The lowest BCUT2D eigenvalue weighted by atomic mass is 9.87. The maximum atomic E-state index is 11.6. The molecule has 0 fully saturated rings. The molecule has 0 spiro atoms. The van der Waals surface area contributed by atoms with Crippen LogP contribution < -0.4 is 5.32 Å². The van der Waals surface area contributed by atoms with Crippen molar-refractivity contribution in [2.45, 2.75) is 72.2 Å². The molecule has 170 valence electrons. The lowest BCUT2D eigenvalue weighted by molar-refractivity contribution is 0.0600. The number of carbonyl (C=O) groups excluding carboxylic acids is 1. The Kier molecular flexibility index (Phi) is 7.77. The molecule has 0 aromatic heterocycles. The van der Waals surface area contributed by atoms with Crippen molar-refractivity contribution >= 4 is 25.7 Å². The van der Waals surface area contributed by atoms with E-state index in [1.54, 1.807) is 12.1 Å². The molecule has 0 bridgehead atoms. The Hall–Kier alpha value is -2.11. The van der Waals surface area contributed by atoms with Crippen LogP contribution >= 0.6 is 0 Å². The van der Waals surface area contributed by atoms with Gasteiger partial charge in [-0.3, -0.25) is 0 Å². The molecule has 31 heavy (non-hydrogen) atoms. The van der Waals surface area contributed by atoms with E-state index in [0.717, 1.165) is 17.8 Å². The molecule has 4 nitrogen and oxygen atoms in total. The SMILES string of the molecule is COC(=O)c1ccc(Nc2ccc(C(CC(C)(C)C)O[Si](C)(C)C(C)(C)C)cc2)cc1. The molecule has 0 amide bonds. The quantitative estimate of drug-likeness (QED) is 0.353. The number of nitrogens with one attached hydrogen (secondary N) is 1. The fraction of sp³-hybridized carbons (Fsp3) is 0.500. The number of anilines is 2. The van der Waals surface area contributed by atoms with Crippen LogP contribution in [-0.4, -0.2) is 21.4 Å². The lowest BCUT2D eigenvalue weighted by Crippen LogP contribution is -2.42. The summed E-state index contributed by atoms with van der Waals surface area (Å²) in [6.45, 7) is 18.3. The Morgan fingerprint density at radius 1 is 0.903 bits per heavy atom. The third-order valence-corrected chi connectivity index (χ3v) is 10.4. The van der Waals surface area contributed by atoms with Gasteiger partial charge in [-0.25, -0.2) is 4.79 Å². The molecule has 0 aliphatic heterocycles. The topological polar surface area (TPSA) is 47.6 Å². The van der Waals surface area contributed by atoms with Gasteiger partial charge in [-0.15, -0.1) is 0 Å². The van der Waals surface area contributed by atoms with Gasteiger partial charge in [0.25, 0.3) is 0 Å². The third kappa shape index (κ3) is 7.22. The van der Waals surface area contributed by atoms with Crippen LogP contribution in [0.25, 0.3) is 0 Å². The fourth-order valence-corrected chi connectivity index (χ4v) is 4.36. The predicted octanol–water partition coefficient (Wildman–Crippen LogP) is 7.72. The summed E-state index contributed by atoms with van der Waals surface area (Å²) in [5, 5.41) is 3.56. The van der Waals surface area contributed by atoms with E-state index in [0.29, 0.717) is 5.56 Å². The summed E-state index contributed by atoms with van der Waals surface area (Å²) in [5.74, 6) is -0.331. The van der Waals surface area contributed by atoms with Crippen molar-refractivity contribution in [2.24, 2.45) is 5.41 Å². The van der Waals surface area contributed by atoms with Crippen molar-refractivity contribution in [3.05, 3.63) is 59.7 Å². The average molecular weight is 442 g/mol. The maximum absolute atomic E-state index is 11.6. The Morgan fingerprint density at radius 2 is 1.39 bits per heavy atom. The van der Waals surface area contributed by atoms with Crippen molar-refractivity contribution in [2.75, 3.05) is 12.4 Å². The minimum atomic E-state index is -1.90. The number of hydrogen-bond acceptors (Lipinski definition) is 4. The van der Waals surface area contributed by atoms with Crippen LogP contribution in [0, 0.1) is 5.41 Å². The Labute approximate surface area is 189 Å². The van der Waals surface area contributed by atoms with Crippen molar-refractivity contribution < 1.29 is 14.0 Å². The van der Waals surface area contributed by atoms with Gasteiger partial charge in [0.05, 0.1) is 18.8 Å². The van der Waals surface area contributed by atoms with Crippen LogP contribution in [0.1, 0.15) is 70.0 Å². The van der Waals surface area contributed by atoms with E-state index >= 15 is 0 Å². The van der Waals surface area contributed by atoms with Gasteiger partial charge < -0.3 is 14.5 Å². The van der Waals surface area contributed by atoms with Crippen LogP contribution in [0.15, 0.2) is 48.5 Å². The minimum absolute atomic E-state index is 0.0780. The van der Waals surface area contributed by atoms with E-state index in [1.807, 2.05) is 12.1 Å². The second-order valence-electron chi connectivity index (χ2n) is 10.9. The van der Waals surface area contributed by atoms with E-state index < -0.39 is 8.32 Å². The molecular formula is C26H39NO3Si.